The normalized spacial score (nSPS) is 10.4. The minimum absolute atomic E-state index is 0.314. The number of rotatable bonds is 6. The zero-order chi connectivity index (χ0) is 15.1. The minimum Gasteiger partial charge on any atom is -0.287 e. The molecule has 2 aromatic rings. The van der Waals surface area contributed by atoms with Gasteiger partial charge in [0.05, 0.1) is 0 Å². The summed E-state index contributed by atoms with van der Waals surface area (Å²) in [5.41, 5.74) is 7.56. The van der Waals surface area contributed by atoms with Gasteiger partial charge in [-0.3, -0.25) is 10.2 Å². The van der Waals surface area contributed by atoms with Gasteiger partial charge in [-0.1, -0.05) is 36.4 Å². The van der Waals surface area contributed by atoms with E-state index in [0.717, 1.165) is 12.8 Å². The Morgan fingerprint density at radius 1 is 1.14 bits per heavy atom. The fraction of sp³-hybridized carbons (Fsp3) is 0.235. The van der Waals surface area contributed by atoms with E-state index in [0.29, 0.717) is 17.7 Å². The van der Waals surface area contributed by atoms with Crippen molar-refractivity contribution in [3.63, 3.8) is 0 Å². The van der Waals surface area contributed by atoms with Crippen molar-refractivity contribution in [1.29, 1.82) is 0 Å². The molecule has 0 heterocycles. The summed E-state index contributed by atoms with van der Waals surface area (Å²) in [5, 5.41) is 0. The third-order valence-corrected chi connectivity index (χ3v) is 3.25. The SMILES string of the molecule is Cc1ccc(C(=O)NNCCCc2ccccc2)cc1F. The first-order valence-electron chi connectivity index (χ1n) is 7.00. The van der Waals surface area contributed by atoms with Crippen LogP contribution in [0.3, 0.4) is 0 Å². The number of hydrogen-bond acceptors (Lipinski definition) is 2. The molecule has 4 heteroatoms. The lowest BCUT2D eigenvalue weighted by Gasteiger charge is -2.08. The van der Waals surface area contributed by atoms with Crippen LogP contribution in [0.2, 0.25) is 0 Å². The Hall–Kier alpha value is -2.20. The Morgan fingerprint density at radius 2 is 1.90 bits per heavy atom. The number of carbonyl (C=O) groups is 1. The molecule has 0 spiro atoms. The molecule has 1 amide bonds. The Morgan fingerprint density at radius 3 is 2.62 bits per heavy atom. The number of hydrogen-bond donors (Lipinski definition) is 2. The van der Waals surface area contributed by atoms with Gasteiger partial charge >= 0.3 is 0 Å². The maximum atomic E-state index is 13.4. The maximum Gasteiger partial charge on any atom is 0.265 e. The molecule has 21 heavy (non-hydrogen) atoms. The molecular weight excluding hydrogens is 267 g/mol. The summed E-state index contributed by atoms with van der Waals surface area (Å²) >= 11 is 0. The average molecular weight is 286 g/mol. The molecule has 0 fully saturated rings. The zero-order valence-electron chi connectivity index (χ0n) is 12.0. The number of carbonyl (C=O) groups excluding carboxylic acids is 1. The smallest absolute Gasteiger partial charge is 0.265 e. The van der Waals surface area contributed by atoms with E-state index < -0.39 is 0 Å². The van der Waals surface area contributed by atoms with Crippen LogP contribution >= 0.6 is 0 Å². The molecule has 0 saturated heterocycles. The van der Waals surface area contributed by atoms with Gasteiger partial charge < -0.3 is 0 Å². The number of amides is 1. The van der Waals surface area contributed by atoms with Gasteiger partial charge in [-0.05, 0) is 43.0 Å². The van der Waals surface area contributed by atoms with E-state index in [1.54, 1.807) is 19.1 Å². The monoisotopic (exact) mass is 286 g/mol. The molecule has 0 atom stereocenters. The molecule has 0 aliphatic rings. The third-order valence-electron chi connectivity index (χ3n) is 3.25. The second-order valence-electron chi connectivity index (χ2n) is 4.93. The highest BCUT2D eigenvalue weighted by atomic mass is 19.1. The van der Waals surface area contributed by atoms with Crippen molar-refractivity contribution in [2.75, 3.05) is 6.54 Å². The van der Waals surface area contributed by atoms with Crippen molar-refractivity contribution in [3.05, 3.63) is 71.0 Å². The van der Waals surface area contributed by atoms with Crippen LogP contribution in [0.1, 0.15) is 27.9 Å². The van der Waals surface area contributed by atoms with Crippen LogP contribution in [-0.4, -0.2) is 12.5 Å². The van der Waals surface area contributed by atoms with Gasteiger partial charge in [0.2, 0.25) is 0 Å². The van der Waals surface area contributed by atoms with E-state index in [9.17, 15) is 9.18 Å². The van der Waals surface area contributed by atoms with Crippen LogP contribution in [0.25, 0.3) is 0 Å². The van der Waals surface area contributed by atoms with Gasteiger partial charge in [0.1, 0.15) is 5.82 Å². The predicted molar refractivity (Wildman–Crippen MR) is 81.4 cm³/mol. The molecule has 0 aromatic heterocycles. The van der Waals surface area contributed by atoms with Crippen molar-refractivity contribution in [2.24, 2.45) is 0 Å². The Kier molecular flexibility index (Phi) is 5.46. The summed E-state index contributed by atoms with van der Waals surface area (Å²) in [5.74, 6) is -0.694. The van der Waals surface area contributed by atoms with E-state index in [2.05, 4.69) is 23.0 Å². The van der Waals surface area contributed by atoms with Gasteiger partial charge in [0.25, 0.3) is 5.91 Å². The van der Waals surface area contributed by atoms with Crippen LogP contribution in [0.15, 0.2) is 48.5 Å². The summed E-state index contributed by atoms with van der Waals surface area (Å²) in [4.78, 5) is 11.8. The van der Waals surface area contributed by atoms with E-state index in [4.69, 9.17) is 0 Å². The fourth-order valence-electron chi connectivity index (χ4n) is 1.97. The highest BCUT2D eigenvalue weighted by molar-refractivity contribution is 5.93. The summed E-state index contributed by atoms with van der Waals surface area (Å²) in [6, 6.07) is 14.6. The van der Waals surface area contributed by atoms with Crippen LogP contribution in [-0.2, 0) is 6.42 Å². The van der Waals surface area contributed by atoms with E-state index in [-0.39, 0.29) is 11.7 Å². The molecule has 3 nitrogen and oxygen atoms in total. The molecule has 2 aromatic carbocycles. The van der Waals surface area contributed by atoms with E-state index in [1.807, 2.05) is 18.2 Å². The third kappa shape index (κ3) is 4.68. The number of benzene rings is 2. The average Bonchev–Trinajstić information content (AvgIpc) is 2.50. The zero-order valence-corrected chi connectivity index (χ0v) is 12.0. The van der Waals surface area contributed by atoms with Crippen molar-refractivity contribution in [1.82, 2.24) is 10.9 Å². The number of nitrogens with one attached hydrogen (secondary N) is 2. The number of aryl methyl sites for hydroxylation is 2. The summed E-state index contributed by atoms with van der Waals surface area (Å²) in [7, 11) is 0. The van der Waals surface area contributed by atoms with Crippen LogP contribution < -0.4 is 10.9 Å². The fourth-order valence-corrected chi connectivity index (χ4v) is 1.97. The van der Waals surface area contributed by atoms with Crippen molar-refractivity contribution in [3.8, 4) is 0 Å². The van der Waals surface area contributed by atoms with Crippen molar-refractivity contribution >= 4 is 5.91 Å². The minimum atomic E-state index is -0.369. The molecule has 2 N–H and O–H groups in total. The maximum absolute atomic E-state index is 13.4. The van der Waals surface area contributed by atoms with Crippen molar-refractivity contribution in [2.45, 2.75) is 19.8 Å². The Bertz CT molecular complexity index is 599. The lowest BCUT2D eigenvalue weighted by molar-refractivity contribution is 0.0932. The van der Waals surface area contributed by atoms with Gasteiger partial charge in [0, 0.05) is 12.1 Å². The molecule has 0 bridgehead atoms. The summed E-state index contributed by atoms with van der Waals surface area (Å²) in [6.07, 6.45) is 1.86. The standard InChI is InChI=1S/C17H19FN2O/c1-13-9-10-15(12-16(13)18)17(21)20-19-11-5-8-14-6-3-2-4-7-14/h2-4,6-7,9-10,12,19H,5,8,11H2,1H3,(H,20,21). The molecule has 2 rings (SSSR count). The highest BCUT2D eigenvalue weighted by Gasteiger charge is 2.07. The first kappa shape index (κ1) is 15.2. The summed E-state index contributed by atoms with van der Waals surface area (Å²) in [6.45, 7) is 2.33. The molecule has 0 saturated carbocycles. The Balaban J connectivity index is 1.71. The molecule has 0 aliphatic carbocycles. The summed E-state index contributed by atoms with van der Waals surface area (Å²) < 4.78 is 13.4. The first-order valence-corrected chi connectivity index (χ1v) is 7.00. The number of hydrazine groups is 1. The van der Waals surface area contributed by atoms with Crippen LogP contribution in [0.4, 0.5) is 4.39 Å². The lowest BCUT2D eigenvalue weighted by Crippen LogP contribution is -2.38. The molecular formula is C17H19FN2O. The highest BCUT2D eigenvalue weighted by Crippen LogP contribution is 2.08. The van der Waals surface area contributed by atoms with E-state index in [1.165, 1.54) is 11.6 Å². The van der Waals surface area contributed by atoms with E-state index >= 15 is 0 Å². The predicted octanol–water partition coefficient (Wildman–Crippen LogP) is 3.00. The molecule has 110 valence electrons. The second kappa shape index (κ2) is 7.55. The molecule has 0 aliphatic heterocycles. The van der Waals surface area contributed by atoms with Gasteiger partial charge in [0.15, 0.2) is 0 Å². The van der Waals surface area contributed by atoms with Gasteiger partial charge in [-0.25, -0.2) is 9.82 Å². The largest absolute Gasteiger partial charge is 0.287 e. The van der Waals surface area contributed by atoms with Crippen molar-refractivity contribution < 1.29 is 9.18 Å². The number of halogens is 1. The molecule has 0 radical (unpaired) electrons. The van der Waals surface area contributed by atoms with Crippen LogP contribution in [0, 0.1) is 12.7 Å². The van der Waals surface area contributed by atoms with Gasteiger partial charge in [-0.15, -0.1) is 0 Å². The Labute approximate surface area is 124 Å². The van der Waals surface area contributed by atoms with Crippen LogP contribution in [0.5, 0.6) is 0 Å². The quantitative estimate of drug-likeness (QED) is 0.633. The second-order valence-corrected chi connectivity index (χ2v) is 4.93. The molecule has 0 unspecified atom stereocenters. The van der Waals surface area contributed by atoms with Gasteiger partial charge in [-0.2, -0.15) is 0 Å². The first-order chi connectivity index (χ1) is 10.2. The topological polar surface area (TPSA) is 41.1 Å². The lowest BCUT2D eigenvalue weighted by atomic mass is 10.1.